The van der Waals surface area contributed by atoms with Crippen molar-refractivity contribution < 1.29 is 9.53 Å². The molecule has 0 unspecified atom stereocenters. The van der Waals surface area contributed by atoms with Crippen molar-refractivity contribution in [2.45, 2.75) is 25.0 Å². The Hall–Kier alpha value is -0.0900. The Morgan fingerprint density at radius 3 is 2.50 bits per heavy atom. The highest BCUT2D eigenvalue weighted by Crippen LogP contribution is 2.19. The van der Waals surface area contributed by atoms with Gasteiger partial charge in [0, 0.05) is 6.54 Å². The summed E-state index contributed by atoms with van der Waals surface area (Å²) < 4.78 is 4.98. The number of ether oxygens (including phenoxy) is 1. The number of carbonyl (C=O) groups is 1. The van der Waals surface area contributed by atoms with E-state index in [-0.39, 0.29) is 35.1 Å². The van der Waals surface area contributed by atoms with Crippen molar-refractivity contribution in [1.82, 2.24) is 5.32 Å². The third kappa shape index (κ3) is 1.18. The standard InChI is InChI=1S/C6H9NO2.BrH/c8-6-5-2-1-4(9-6)3-7-5;/h4-5,7H,1-3H2;1H/t4-,5-;/m0./s1. The van der Waals surface area contributed by atoms with Crippen LogP contribution < -0.4 is 5.32 Å². The molecule has 3 rings (SSSR count). The third-order valence-electron chi connectivity index (χ3n) is 1.94. The second-order valence-corrected chi connectivity index (χ2v) is 2.60. The maximum absolute atomic E-state index is 10.8. The quantitative estimate of drug-likeness (QED) is 0.579. The predicted molar refractivity (Wildman–Crippen MR) is 41.2 cm³/mol. The lowest BCUT2D eigenvalue weighted by molar-refractivity contribution is -0.162. The van der Waals surface area contributed by atoms with E-state index < -0.39 is 0 Å². The lowest BCUT2D eigenvalue weighted by Gasteiger charge is -2.35. The summed E-state index contributed by atoms with van der Waals surface area (Å²) in [5, 5.41) is 3.09. The van der Waals surface area contributed by atoms with Crippen LogP contribution in [0, 0.1) is 0 Å². The molecule has 4 heteroatoms. The van der Waals surface area contributed by atoms with Gasteiger partial charge in [-0.3, -0.25) is 4.79 Å². The van der Waals surface area contributed by atoms with Crippen LogP contribution in [-0.4, -0.2) is 24.7 Å². The molecule has 3 nitrogen and oxygen atoms in total. The molecule has 2 atom stereocenters. The molecule has 3 saturated heterocycles. The molecule has 3 aliphatic heterocycles. The van der Waals surface area contributed by atoms with E-state index in [4.69, 9.17) is 4.74 Å². The van der Waals surface area contributed by atoms with Crippen LogP contribution in [-0.2, 0) is 9.53 Å². The van der Waals surface area contributed by atoms with Gasteiger partial charge in [0.25, 0.3) is 0 Å². The average molecular weight is 208 g/mol. The van der Waals surface area contributed by atoms with E-state index in [1.54, 1.807) is 0 Å². The van der Waals surface area contributed by atoms with Gasteiger partial charge in [-0.05, 0) is 12.8 Å². The highest BCUT2D eigenvalue weighted by molar-refractivity contribution is 8.93. The highest BCUT2D eigenvalue weighted by Gasteiger charge is 2.35. The van der Waals surface area contributed by atoms with Gasteiger partial charge in [-0.1, -0.05) is 0 Å². The molecule has 3 aliphatic rings. The summed E-state index contributed by atoms with van der Waals surface area (Å²) in [5.74, 6) is -0.0579. The van der Waals surface area contributed by atoms with Gasteiger partial charge in [-0.2, -0.15) is 0 Å². The monoisotopic (exact) mass is 207 g/mol. The molecule has 0 saturated carbocycles. The summed E-state index contributed by atoms with van der Waals surface area (Å²) >= 11 is 0. The molecule has 0 spiro atoms. The molecule has 0 aromatic heterocycles. The first-order chi connectivity index (χ1) is 4.36. The number of fused-ring (bicyclic) bond motifs is 3. The Kier molecular flexibility index (Phi) is 2.31. The largest absolute Gasteiger partial charge is 0.460 e. The summed E-state index contributed by atoms with van der Waals surface area (Å²) in [4.78, 5) is 10.8. The molecule has 0 aliphatic carbocycles. The molecule has 0 aromatic rings. The summed E-state index contributed by atoms with van der Waals surface area (Å²) in [7, 11) is 0. The molecule has 0 amide bonds. The molecular weight excluding hydrogens is 198 g/mol. The number of hydrogen-bond donors (Lipinski definition) is 1. The summed E-state index contributed by atoms with van der Waals surface area (Å²) in [6.07, 6.45) is 2.18. The van der Waals surface area contributed by atoms with Gasteiger partial charge in [0.15, 0.2) is 0 Å². The summed E-state index contributed by atoms with van der Waals surface area (Å²) in [5.41, 5.74) is 0. The van der Waals surface area contributed by atoms with Crippen molar-refractivity contribution in [1.29, 1.82) is 0 Å². The molecular formula is C6H10BrNO2. The van der Waals surface area contributed by atoms with Crippen LogP contribution in [0.15, 0.2) is 0 Å². The maximum atomic E-state index is 10.8. The minimum Gasteiger partial charge on any atom is -0.460 e. The second-order valence-electron chi connectivity index (χ2n) is 2.60. The minimum atomic E-state index is -0.0579. The Morgan fingerprint density at radius 2 is 2.30 bits per heavy atom. The fraction of sp³-hybridized carbons (Fsp3) is 0.833. The van der Waals surface area contributed by atoms with E-state index in [1.807, 2.05) is 0 Å². The first-order valence-electron chi connectivity index (χ1n) is 3.30. The van der Waals surface area contributed by atoms with Gasteiger partial charge >= 0.3 is 5.97 Å². The molecule has 0 radical (unpaired) electrons. The van der Waals surface area contributed by atoms with Gasteiger partial charge in [0.2, 0.25) is 0 Å². The lowest BCUT2D eigenvalue weighted by Crippen LogP contribution is -2.54. The lowest BCUT2D eigenvalue weighted by atomic mass is 9.99. The number of piperidine rings is 1. The molecule has 0 aromatic carbocycles. The second kappa shape index (κ2) is 2.88. The van der Waals surface area contributed by atoms with Crippen LogP contribution in [0.5, 0.6) is 0 Å². The zero-order valence-electron chi connectivity index (χ0n) is 5.50. The van der Waals surface area contributed by atoms with E-state index in [1.165, 1.54) is 0 Å². The zero-order valence-corrected chi connectivity index (χ0v) is 7.21. The topological polar surface area (TPSA) is 38.3 Å². The van der Waals surface area contributed by atoms with Crippen molar-refractivity contribution in [2.24, 2.45) is 0 Å². The van der Waals surface area contributed by atoms with Crippen LogP contribution in [0.25, 0.3) is 0 Å². The van der Waals surface area contributed by atoms with Crippen molar-refractivity contribution in [2.75, 3.05) is 6.54 Å². The van der Waals surface area contributed by atoms with Gasteiger partial charge < -0.3 is 10.1 Å². The number of esters is 1. The molecule has 58 valence electrons. The van der Waals surface area contributed by atoms with Crippen LogP contribution >= 0.6 is 17.0 Å². The van der Waals surface area contributed by atoms with Crippen molar-refractivity contribution in [3.8, 4) is 0 Å². The minimum absolute atomic E-state index is 0. The van der Waals surface area contributed by atoms with Crippen molar-refractivity contribution in [3.05, 3.63) is 0 Å². The fourth-order valence-electron chi connectivity index (χ4n) is 1.38. The zero-order chi connectivity index (χ0) is 6.27. The number of rotatable bonds is 0. The Balaban J connectivity index is 0.000000500. The van der Waals surface area contributed by atoms with Gasteiger partial charge in [-0.25, -0.2) is 0 Å². The molecule has 3 heterocycles. The number of morpholine rings is 1. The Morgan fingerprint density at radius 1 is 1.50 bits per heavy atom. The molecule has 1 N–H and O–H groups in total. The summed E-state index contributed by atoms with van der Waals surface area (Å²) in [6, 6.07) is 0.00926. The predicted octanol–water partition coefficient (Wildman–Crippen LogP) is 0.242. The van der Waals surface area contributed by atoms with Gasteiger partial charge in [0.05, 0.1) is 0 Å². The van der Waals surface area contributed by atoms with E-state index >= 15 is 0 Å². The van der Waals surface area contributed by atoms with Gasteiger partial charge in [0.1, 0.15) is 12.1 Å². The Labute approximate surface area is 69.9 Å². The SMILES string of the molecule is Br.O=C1O[C@H]2CC[C@@H]1NC2. The maximum Gasteiger partial charge on any atom is 0.323 e. The van der Waals surface area contributed by atoms with E-state index in [9.17, 15) is 4.79 Å². The normalized spacial score (nSPS) is 36.6. The van der Waals surface area contributed by atoms with Crippen LogP contribution in [0.1, 0.15) is 12.8 Å². The van der Waals surface area contributed by atoms with E-state index in [0.29, 0.717) is 0 Å². The number of halogens is 1. The van der Waals surface area contributed by atoms with Crippen LogP contribution in [0.2, 0.25) is 0 Å². The number of nitrogens with one attached hydrogen (secondary N) is 1. The van der Waals surface area contributed by atoms with Gasteiger partial charge in [-0.15, -0.1) is 17.0 Å². The van der Waals surface area contributed by atoms with E-state index in [2.05, 4.69) is 5.32 Å². The first kappa shape index (κ1) is 8.01. The Bertz CT molecular complexity index is 143. The van der Waals surface area contributed by atoms with Crippen molar-refractivity contribution >= 4 is 23.0 Å². The fourth-order valence-corrected chi connectivity index (χ4v) is 1.38. The average Bonchev–Trinajstić information content (AvgIpc) is 1.90. The van der Waals surface area contributed by atoms with Crippen LogP contribution in [0.4, 0.5) is 0 Å². The molecule has 10 heavy (non-hydrogen) atoms. The van der Waals surface area contributed by atoms with Crippen molar-refractivity contribution in [3.63, 3.8) is 0 Å². The first-order valence-corrected chi connectivity index (χ1v) is 3.30. The van der Waals surface area contributed by atoms with E-state index in [0.717, 1.165) is 19.4 Å². The number of carbonyl (C=O) groups excluding carboxylic acids is 1. The molecule has 2 bridgehead atoms. The summed E-state index contributed by atoms with van der Waals surface area (Å²) in [6.45, 7) is 0.858. The highest BCUT2D eigenvalue weighted by atomic mass is 79.9. The van der Waals surface area contributed by atoms with Crippen LogP contribution in [0.3, 0.4) is 0 Å². The third-order valence-corrected chi connectivity index (χ3v) is 1.94. The molecule has 3 fully saturated rings. The smallest absolute Gasteiger partial charge is 0.323 e. The number of hydrogen-bond acceptors (Lipinski definition) is 3.